The van der Waals surface area contributed by atoms with Crippen molar-refractivity contribution in [2.24, 2.45) is 0 Å². The summed E-state index contributed by atoms with van der Waals surface area (Å²) >= 11 is 0. The van der Waals surface area contributed by atoms with E-state index in [1.165, 1.54) is 22.1 Å². The predicted octanol–water partition coefficient (Wildman–Crippen LogP) is 5.63. The molecule has 0 saturated heterocycles. The Morgan fingerprint density at radius 2 is 1.35 bits per heavy atom. The normalized spacial score (nSPS) is 11.8. The van der Waals surface area contributed by atoms with E-state index in [2.05, 4.69) is 51.1 Å². The molecule has 0 saturated carbocycles. The zero-order chi connectivity index (χ0) is 18.2. The number of nitrogens with zero attached hydrogens (tertiary/aromatic N) is 3. The first-order valence-electron chi connectivity index (χ1n) is 8.76. The lowest BCUT2D eigenvalue weighted by Gasteiger charge is -2.18. The second kappa shape index (κ2) is 4.89. The molecule has 0 aliphatic carbocycles. The molecule has 5 rings (SSSR count). The van der Waals surface area contributed by atoms with Crippen molar-refractivity contribution in [2.75, 3.05) is 0 Å². The van der Waals surface area contributed by atoms with Gasteiger partial charge in [-0.15, -0.1) is 0 Å². The van der Waals surface area contributed by atoms with Crippen LogP contribution in [0.1, 0.15) is 27.9 Å². The highest BCUT2D eigenvalue weighted by molar-refractivity contribution is 6.32. The highest BCUT2D eigenvalue weighted by atomic mass is 14.7. The lowest BCUT2D eigenvalue weighted by Crippen LogP contribution is -1.99. The Morgan fingerprint density at radius 1 is 0.731 bits per heavy atom. The fraction of sp³-hybridized carbons (Fsp3) is 0.174. The van der Waals surface area contributed by atoms with E-state index in [0.29, 0.717) is 5.69 Å². The maximum absolute atomic E-state index is 9.63. The molecule has 0 bridgehead atoms. The second-order valence-electron chi connectivity index (χ2n) is 7.20. The average molecular weight is 335 g/mol. The Labute approximate surface area is 151 Å². The molecule has 0 spiro atoms. The number of nitriles is 1. The van der Waals surface area contributed by atoms with Gasteiger partial charge in [-0.1, -0.05) is 24.3 Å². The van der Waals surface area contributed by atoms with Crippen LogP contribution in [0, 0.1) is 39.0 Å². The van der Waals surface area contributed by atoms with Crippen LogP contribution in [0.4, 0.5) is 0 Å². The van der Waals surface area contributed by atoms with Gasteiger partial charge in [-0.25, -0.2) is 4.98 Å². The number of fused-ring (bicyclic) bond motifs is 2. The van der Waals surface area contributed by atoms with Crippen LogP contribution in [0.5, 0.6) is 0 Å². The van der Waals surface area contributed by atoms with Gasteiger partial charge in [0.25, 0.3) is 0 Å². The van der Waals surface area contributed by atoms with Crippen molar-refractivity contribution in [3.63, 3.8) is 0 Å². The van der Waals surface area contributed by atoms with Crippen molar-refractivity contribution in [3.8, 4) is 6.07 Å². The smallest absolute Gasteiger partial charge is 0.144 e. The first kappa shape index (κ1) is 15.0. The molecule has 0 radical (unpaired) electrons. The molecule has 26 heavy (non-hydrogen) atoms. The van der Waals surface area contributed by atoms with Gasteiger partial charge in [0, 0.05) is 27.7 Å². The summed E-state index contributed by atoms with van der Waals surface area (Å²) in [4.78, 5) is 9.60. The first-order chi connectivity index (χ1) is 12.5. The number of hydrogen-bond donors (Lipinski definition) is 0. The number of pyridine rings is 2. The molecule has 0 aliphatic heterocycles. The minimum Gasteiger partial charge on any atom is -0.255 e. The van der Waals surface area contributed by atoms with E-state index in [-0.39, 0.29) is 0 Å². The Balaban J connectivity index is 2.27. The summed E-state index contributed by atoms with van der Waals surface area (Å²) in [5, 5.41) is 16.5. The Kier molecular flexibility index (Phi) is 2.83. The van der Waals surface area contributed by atoms with E-state index >= 15 is 0 Å². The SMILES string of the molecule is Cc1ccc2c3nc(C#N)c(C)c4c(C)ccc(c5ncc(C)c1c25)c43. The van der Waals surface area contributed by atoms with Gasteiger partial charge in [-0.3, -0.25) is 4.98 Å². The highest BCUT2D eigenvalue weighted by Crippen LogP contribution is 2.42. The summed E-state index contributed by atoms with van der Waals surface area (Å²) in [5.41, 5.74) is 6.96. The van der Waals surface area contributed by atoms with E-state index in [4.69, 9.17) is 9.97 Å². The lowest BCUT2D eigenvalue weighted by atomic mass is 9.89. The topological polar surface area (TPSA) is 49.6 Å². The zero-order valence-electron chi connectivity index (χ0n) is 15.2. The molecule has 2 aromatic heterocycles. The summed E-state index contributed by atoms with van der Waals surface area (Å²) in [6, 6.07) is 10.8. The van der Waals surface area contributed by atoms with Gasteiger partial charge >= 0.3 is 0 Å². The van der Waals surface area contributed by atoms with Crippen molar-refractivity contribution < 1.29 is 0 Å². The number of aryl methyl sites for hydroxylation is 4. The van der Waals surface area contributed by atoms with Crippen LogP contribution < -0.4 is 0 Å². The molecular weight excluding hydrogens is 318 g/mol. The first-order valence-corrected chi connectivity index (χ1v) is 8.76. The van der Waals surface area contributed by atoms with Crippen molar-refractivity contribution in [2.45, 2.75) is 27.7 Å². The molecule has 3 heteroatoms. The van der Waals surface area contributed by atoms with Gasteiger partial charge in [0.05, 0.1) is 11.0 Å². The molecule has 0 amide bonds. The Bertz CT molecular complexity index is 1410. The van der Waals surface area contributed by atoms with Crippen LogP contribution >= 0.6 is 0 Å². The lowest BCUT2D eigenvalue weighted by molar-refractivity contribution is 1.28. The van der Waals surface area contributed by atoms with Gasteiger partial charge in [0.1, 0.15) is 11.8 Å². The minimum absolute atomic E-state index is 0.505. The van der Waals surface area contributed by atoms with Gasteiger partial charge in [0.2, 0.25) is 0 Å². The van der Waals surface area contributed by atoms with Crippen LogP contribution in [-0.2, 0) is 0 Å². The van der Waals surface area contributed by atoms with Crippen LogP contribution in [0.3, 0.4) is 0 Å². The second-order valence-corrected chi connectivity index (χ2v) is 7.20. The van der Waals surface area contributed by atoms with Gasteiger partial charge in [0.15, 0.2) is 0 Å². The summed E-state index contributed by atoms with van der Waals surface area (Å²) in [6.45, 7) is 8.33. The van der Waals surface area contributed by atoms with E-state index < -0.39 is 0 Å². The van der Waals surface area contributed by atoms with Crippen molar-refractivity contribution >= 4 is 43.4 Å². The molecule has 0 unspecified atom stereocenters. The van der Waals surface area contributed by atoms with E-state index in [0.717, 1.165) is 43.5 Å². The molecule has 3 nitrogen and oxygen atoms in total. The standard InChI is InChI=1S/C23H17N3/c1-11-5-8-16-20-18(11)13(3)10-25-22(20)15-7-6-12(2)19-14(4)17(9-24)26-23(16)21(15)19/h5-8,10H,1-4H3. The third-order valence-electron chi connectivity index (χ3n) is 5.65. The monoisotopic (exact) mass is 335 g/mol. The average Bonchev–Trinajstić information content (AvgIpc) is 2.63. The maximum Gasteiger partial charge on any atom is 0.144 e. The maximum atomic E-state index is 9.63. The molecule has 0 fully saturated rings. The third-order valence-corrected chi connectivity index (χ3v) is 5.65. The van der Waals surface area contributed by atoms with Crippen molar-refractivity contribution in [1.29, 1.82) is 5.26 Å². The molecule has 2 heterocycles. The van der Waals surface area contributed by atoms with Crippen LogP contribution in [-0.4, -0.2) is 9.97 Å². The number of rotatable bonds is 0. The van der Waals surface area contributed by atoms with E-state index in [1.807, 2.05) is 13.1 Å². The fourth-order valence-corrected chi connectivity index (χ4v) is 4.46. The molecule has 5 aromatic rings. The van der Waals surface area contributed by atoms with E-state index in [9.17, 15) is 5.26 Å². The van der Waals surface area contributed by atoms with Gasteiger partial charge in [-0.05, 0) is 60.7 Å². The molecule has 0 aliphatic rings. The van der Waals surface area contributed by atoms with Gasteiger partial charge in [-0.2, -0.15) is 5.26 Å². The minimum atomic E-state index is 0.505. The fourth-order valence-electron chi connectivity index (χ4n) is 4.46. The van der Waals surface area contributed by atoms with Crippen molar-refractivity contribution in [3.05, 3.63) is 58.4 Å². The van der Waals surface area contributed by atoms with Crippen LogP contribution in [0.2, 0.25) is 0 Å². The van der Waals surface area contributed by atoms with E-state index in [1.54, 1.807) is 0 Å². The van der Waals surface area contributed by atoms with Crippen molar-refractivity contribution in [1.82, 2.24) is 9.97 Å². The van der Waals surface area contributed by atoms with Gasteiger partial charge < -0.3 is 0 Å². The highest BCUT2D eigenvalue weighted by Gasteiger charge is 2.20. The quantitative estimate of drug-likeness (QED) is 0.272. The summed E-state index contributed by atoms with van der Waals surface area (Å²) in [5.74, 6) is 0. The Morgan fingerprint density at radius 3 is 2.04 bits per heavy atom. The predicted molar refractivity (Wildman–Crippen MR) is 107 cm³/mol. The number of aromatic nitrogens is 2. The molecule has 124 valence electrons. The summed E-state index contributed by atoms with van der Waals surface area (Å²) in [6.07, 6.45) is 1.97. The summed E-state index contributed by atoms with van der Waals surface area (Å²) in [7, 11) is 0. The molecule has 0 N–H and O–H groups in total. The number of hydrogen-bond acceptors (Lipinski definition) is 3. The van der Waals surface area contributed by atoms with Crippen LogP contribution in [0.25, 0.3) is 43.4 Å². The number of benzene rings is 3. The largest absolute Gasteiger partial charge is 0.255 e. The summed E-state index contributed by atoms with van der Waals surface area (Å²) < 4.78 is 0. The molecule has 3 aromatic carbocycles. The molecule has 0 atom stereocenters. The Hall–Kier alpha value is -3.25. The third kappa shape index (κ3) is 1.66. The zero-order valence-corrected chi connectivity index (χ0v) is 15.2. The molecular formula is C23H17N3. The van der Waals surface area contributed by atoms with Crippen LogP contribution in [0.15, 0.2) is 30.5 Å².